The highest BCUT2D eigenvalue weighted by Crippen LogP contribution is 2.32. The van der Waals surface area contributed by atoms with Crippen LogP contribution in [0.3, 0.4) is 0 Å². The number of hydrogen-bond donors (Lipinski definition) is 1. The number of benzene rings is 3. The molecule has 6 nitrogen and oxygen atoms in total. The van der Waals surface area contributed by atoms with E-state index in [0.29, 0.717) is 11.3 Å². The molecule has 0 aromatic heterocycles. The first-order valence-electron chi connectivity index (χ1n) is 11.6. The van der Waals surface area contributed by atoms with Gasteiger partial charge in [0.05, 0.1) is 37.2 Å². The van der Waals surface area contributed by atoms with E-state index in [2.05, 4.69) is 25.2 Å². The molecule has 7 heteroatoms. The molecule has 0 saturated carbocycles. The third kappa shape index (κ3) is 6.22. The van der Waals surface area contributed by atoms with Gasteiger partial charge in [0.15, 0.2) is 0 Å². The summed E-state index contributed by atoms with van der Waals surface area (Å²) in [5.74, 6) is 0.750. The molecule has 186 valence electrons. The van der Waals surface area contributed by atoms with Crippen molar-refractivity contribution in [1.82, 2.24) is 5.32 Å². The van der Waals surface area contributed by atoms with Crippen LogP contribution in [-0.4, -0.2) is 27.7 Å². The van der Waals surface area contributed by atoms with Crippen LogP contribution in [0.25, 0.3) is 0 Å². The highest BCUT2D eigenvalue weighted by Gasteiger charge is 2.25. The quantitative estimate of drug-likeness (QED) is 0.421. The average molecular weight is 495 g/mol. The van der Waals surface area contributed by atoms with Gasteiger partial charge < -0.3 is 10.1 Å². The van der Waals surface area contributed by atoms with Crippen LogP contribution in [0.15, 0.2) is 66.7 Å². The monoisotopic (exact) mass is 494 g/mol. The lowest BCUT2D eigenvalue weighted by Crippen LogP contribution is -2.33. The molecule has 3 aromatic rings. The van der Waals surface area contributed by atoms with Gasteiger partial charge in [0.25, 0.3) is 5.91 Å². The van der Waals surface area contributed by atoms with E-state index < -0.39 is 10.0 Å². The van der Waals surface area contributed by atoms with E-state index in [0.717, 1.165) is 34.3 Å². The van der Waals surface area contributed by atoms with Crippen molar-refractivity contribution >= 4 is 21.6 Å². The number of carbonyl (C=O) groups excluding carboxylic acids is 1. The highest BCUT2D eigenvalue weighted by molar-refractivity contribution is 7.92. The van der Waals surface area contributed by atoms with Crippen molar-refractivity contribution in [2.45, 2.75) is 46.2 Å². The predicted molar refractivity (Wildman–Crippen MR) is 142 cm³/mol. The number of aryl methyl sites for hydroxylation is 1. The van der Waals surface area contributed by atoms with E-state index in [4.69, 9.17) is 4.74 Å². The number of carbonyl (C=O) groups is 1. The largest absolute Gasteiger partial charge is 0.496 e. The van der Waals surface area contributed by atoms with Crippen LogP contribution in [0.5, 0.6) is 5.75 Å². The molecule has 1 atom stereocenters. The molecule has 1 amide bonds. The number of rotatable bonds is 9. The molecule has 1 N–H and O–H groups in total. The number of amides is 1. The van der Waals surface area contributed by atoms with E-state index in [1.165, 1.54) is 4.31 Å². The fourth-order valence-electron chi connectivity index (χ4n) is 4.18. The Bertz CT molecular complexity index is 1290. The second-order valence-corrected chi connectivity index (χ2v) is 11.0. The first-order chi connectivity index (χ1) is 16.5. The predicted octanol–water partition coefficient (Wildman–Crippen LogP) is 5.58. The highest BCUT2D eigenvalue weighted by atomic mass is 32.2. The number of nitrogens with one attached hydrogen (secondary N) is 1. The zero-order valence-electron chi connectivity index (χ0n) is 21.2. The van der Waals surface area contributed by atoms with Gasteiger partial charge >= 0.3 is 0 Å². The summed E-state index contributed by atoms with van der Waals surface area (Å²) in [4.78, 5) is 13.4. The first-order valence-corrected chi connectivity index (χ1v) is 13.5. The van der Waals surface area contributed by atoms with Crippen LogP contribution >= 0.6 is 0 Å². The minimum Gasteiger partial charge on any atom is -0.496 e. The van der Waals surface area contributed by atoms with Crippen LogP contribution < -0.4 is 14.4 Å². The van der Waals surface area contributed by atoms with E-state index in [9.17, 15) is 13.2 Å². The molecule has 0 spiro atoms. The Kier molecular flexibility index (Phi) is 8.22. The summed E-state index contributed by atoms with van der Waals surface area (Å²) >= 11 is 0. The lowest BCUT2D eigenvalue weighted by Gasteiger charge is -2.26. The topological polar surface area (TPSA) is 75.7 Å². The van der Waals surface area contributed by atoms with Gasteiger partial charge in [-0.3, -0.25) is 9.10 Å². The number of nitrogens with zero attached hydrogens (tertiary/aromatic N) is 1. The minimum atomic E-state index is -3.64. The molecule has 3 rings (SSSR count). The smallest absolute Gasteiger partial charge is 0.253 e. The maximum Gasteiger partial charge on any atom is 0.253 e. The van der Waals surface area contributed by atoms with Crippen molar-refractivity contribution in [1.29, 1.82) is 0 Å². The fourth-order valence-corrected chi connectivity index (χ4v) is 5.08. The van der Waals surface area contributed by atoms with Crippen LogP contribution in [0, 0.1) is 6.92 Å². The zero-order chi connectivity index (χ0) is 25.8. The van der Waals surface area contributed by atoms with E-state index in [1.807, 2.05) is 50.2 Å². The SMILES string of the molecule is COc1cc(C)c(C(C)NC(=O)c2ccccc2N(Cc2ccccc2)S(C)(=O)=O)cc1C(C)C. The van der Waals surface area contributed by atoms with Crippen molar-refractivity contribution in [3.8, 4) is 5.75 Å². The number of hydrogen-bond acceptors (Lipinski definition) is 4. The van der Waals surface area contributed by atoms with Crippen molar-refractivity contribution in [2.24, 2.45) is 0 Å². The summed E-state index contributed by atoms with van der Waals surface area (Å²) in [5, 5.41) is 3.07. The Morgan fingerprint density at radius 2 is 1.60 bits per heavy atom. The Hall–Kier alpha value is -3.32. The average Bonchev–Trinajstić information content (AvgIpc) is 2.81. The minimum absolute atomic E-state index is 0.134. The molecule has 0 bridgehead atoms. The number of methoxy groups -OCH3 is 1. The Morgan fingerprint density at radius 1 is 0.971 bits per heavy atom. The van der Waals surface area contributed by atoms with Gasteiger partial charge in [-0.05, 0) is 66.3 Å². The molecule has 3 aromatic carbocycles. The van der Waals surface area contributed by atoms with Gasteiger partial charge in [-0.15, -0.1) is 0 Å². The second kappa shape index (κ2) is 11.0. The molecular weight excluding hydrogens is 460 g/mol. The molecule has 35 heavy (non-hydrogen) atoms. The Balaban J connectivity index is 1.95. The molecule has 0 radical (unpaired) electrons. The van der Waals surface area contributed by atoms with E-state index in [1.54, 1.807) is 31.4 Å². The van der Waals surface area contributed by atoms with Crippen molar-refractivity contribution in [3.05, 3.63) is 94.5 Å². The Labute approximate surface area is 209 Å². The van der Waals surface area contributed by atoms with Crippen LogP contribution in [-0.2, 0) is 16.6 Å². The van der Waals surface area contributed by atoms with Crippen LogP contribution in [0.1, 0.15) is 65.3 Å². The molecule has 0 aliphatic rings. The van der Waals surface area contributed by atoms with Crippen molar-refractivity contribution in [3.63, 3.8) is 0 Å². The molecule has 0 aliphatic heterocycles. The number of anilines is 1. The summed E-state index contributed by atoms with van der Waals surface area (Å²) in [5.41, 5.74) is 4.55. The zero-order valence-corrected chi connectivity index (χ0v) is 22.0. The van der Waals surface area contributed by atoms with Gasteiger partial charge in [0.1, 0.15) is 5.75 Å². The van der Waals surface area contributed by atoms with Crippen LogP contribution in [0.4, 0.5) is 5.69 Å². The fraction of sp³-hybridized carbons (Fsp3) is 0.321. The molecule has 0 fully saturated rings. The van der Waals surface area contributed by atoms with Gasteiger partial charge in [0.2, 0.25) is 10.0 Å². The summed E-state index contributed by atoms with van der Waals surface area (Å²) in [6, 6.07) is 19.9. The summed E-state index contributed by atoms with van der Waals surface area (Å²) in [6.07, 6.45) is 1.15. The van der Waals surface area contributed by atoms with Crippen LogP contribution in [0.2, 0.25) is 0 Å². The molecule has 1 unspecified atom stereocenters. The third-order valence-electron chi connectivity index (χ3n) is 6.04. The normalized spacial score (nSPS) is 12.3. The van der Waals surface area contributed by atoms with Gasteiger partial charge in [-0.1, -0.05) is 56.3 Å². The van der Waals surface area contributed by atoms with Crippen molar-refractivity contribution < 1.29 is 17.9 Å². The second-order valence-electron chi connectivity index (χ2n) is 9.07. The molecular formula is C28H34N2O4S. The number of para-hydroxylation sites is 1. The maximum absolute atomic E-state index is 13.4. The molecule has 0 saturated heterocycles. The lowest BCUT2D eigenvalue weighted by atomic mass is 9.93. The summed E-state index contributed by atoms with van der Waals surface area (Å²) in [6.45, 7) is 8.25. The molecule has 0 heterocycles. The van der Waals surface area contributed by atoms with Gasteiger partial charge in [0, 0.05) is 0 Å². The van der Waals surface area contributed by atoms with Crippen molar-refractivity contribution in [2.75, 3.05) is 17.7 Å². The van der Waals surface area contributed by atoms with E-state index >= 15 is 0 Å². The summed E-state index contributed by atoms with van der Waals surface area (Å²) in [7, 11) is -1.98. The van der Waals surface area contributed by atoms with Gasteiger partial charge in [-0.2, -0.15) is 0 Å². The number of ether oxygens (including phenoxy) is 1. The standard InChI is InChI=1S/C28H34N2O4S/c1-19(2)24-17-25(20(3)16-27(24)34-5)21(4)29-28(31)23-14-10-11-15-26(23)30(35(6,32)33)18-22-12-8-7-9-13-22/h7-17,19,21H,18H2,1-6H3,(H,29,31). The Morgan fingerprint density at radius 3 is 2.20 bits per heavy atom. The maximum atomic E-state index is 13.4. The third-order valence-corrected chi connectivity index (χ3v) is 7.17. The number of sulfonamides is 1. The first kappa shape index (κ1) is 26.3. The molecule has 0 aliphatic carbocycles. The van der Waals surface area contributed by atoms with E-state index in [-0.39, 0.29) is 24.4 Å². The lowest BCUT2D eigenvalue weighted by molar-refractivity contribution is 0.0940. The van der Waals surface area contributed by atoms with Gasteiger partial charge in [-0.25, -0.2) is 8.42 Å². The summed E-state index contributed by atoms with van der Waals surface area (Å²) < 4.78 is 32.3.